The quantitative estimate of drug-likeness (QED) is 0.605. The number of hydrogen-bond acceptors (Lipinski definition) is 5. The molecule has 1 unspecified atom stereocenters. The molecule has 1 atom stereocenters. The molecular formula is C9H15N3O3S2. The summed E-state index contributed by atoms with van der Waals surface area (Å²) in [6, 6.07) is 2.90. The fourth-order valence-corrected chi connectivity index (χ4v) is 2.33. The average molecular weight is 277 g/mol. The van der Waals surface area contributed by atoms with Crippen molar-refractivity contribution in [3.05, 3.63) is 22.4 Å². The molecule has 1 heterocycles. The highest BCUT2D eigenvalue weighted by atomic mass is 32.2. The van der Waals surface area contributed by atoms with Gasteiger partial charge in [0.15, 0.2) is 0 Å². The third kappa shape index (κ3) is 5.26. The Hall–Kier alpha value is -0.960. The lowest BCUT2D eigenvalue weighted by Crippen LogP contribution is -2.38. The first kappa shape index (κ1) is 14.1. The van der Waals surface area contributed by atoms with Gasteiger partial charge in [-0.05, 0) is 11.4 Å². The van der Waals surface area contributed by atoms with Gasteiger partial charge in [0, 0.05) is 18.0 Å². The summed E-state index contributed by atoms with van der Waals surface area (Å²) in [6.45, 7) is 0.368. The van der Waals surface area contributed by atoms with E-state index in [-0.39, 0.29) is 19.0 Å². The van der Waals surface area contributed by atoms with Crippen LogP contribution in [0.4, 0.5) is 0 Å². The van der Waals surface area contributed by atoms with Gasteiger partial charge in [-0.25, -0.2) is 13.1 Å². The molecule has 0 spiro atoms. The Kier molecular flexibility index (Phi) is 5.06. The van der Waals surface area contributed by atoms with Crippen molar-refractivity contribution in [2.45, 2.75) is 6.04 Å². The van der Waals surface area contributed by atoms with Crippen LogP contribution < -0.4 is 15.8 Å². The molecule has 0 radical (unpaired) electrons. The van der Waals surface area contributed by atoms with Crippen LogP contribution in [0.15, 0.2) is 17.5 Å². The first-order valence-corrected chi connectivity index (χ1v) is 7.68. The van der Waals surface area contributed by atoms with Crippen LogP contribution in [-0.4, -0.2) is 33.7 Å². The second-order valence-electron chi connectivity index (χ2n) is 3.45. The fraction of sp³-hybridized carbons (Fsp3) is 0.444. The molecule has 0 saturated carbocycles. The minimum Gasteiger partial charge on any atom is -0.353 e. The van der Waals surface area contributed by atoms with E-state index >= 15 is 0 Å². The number of amides is 1. The van der Waals surface area contributed by atoms with E-state index in [0.717, 1.165) is 11.1 Å². The smallest absolute Gasteiger partial charge is 0.242 e. The van der Waals surface area contributed by atoms with Crippen LogP contribution in [0.5, 0.6) is 0 Å². The highest BCUT2D eigenvalue weighted by Crippen LogP contribution is 2.16. The summed E-state index contributed by atoms with van der Waals surface area (Å²) in [6.07, 6.45) is 1.06. The van der Waals surface area contributed by atoms with Crippen molar-refractivity contribution in [2.75, 3.05) is 19.3 Å². The van der Waals surface area contributed by atoms with Crippen molar-refractivity contribution < 1.29 is 13.2 Å². The van der Waals surface area contributed by atoms with Crippen molar-refractivity contribution in [3.8, 4) is 0 Å². The van der Waals surface area contributed by atoms with E-state index in [0.29, 0.717) is 0 Å². The Morgan fingerprint density at radius 2 is 2.24 bits per heavy atom. The number of carbonyl (C=O) groups is 1. The number of nitrogens with two attached hydrogens (primary N) is 1. The van der Waals surface area contributed by atoms with Gasteiger partial charge in [0.05, 0.1) is 6.26 Å². The first-order valence-electron chi connectivity index (χ1n) is 4.91. The molecule has 0 aliphatic heterocycles. The summed E-state index contributed by atoms with van der Waals surface area (Å²) in [5.41, 5.74) is 5.71. The van der Waals surface area contributed by atoms with Crippen LogP contribution in [0.1, 0.15) is 10.9 Å². The van der Waals surface area contributed by atoms with Gasteiger partial charge in [-0.1, -0.05) is 6.07 Å². The molecule has 1 aromatic rings. The summed E-state index contributed by atoms with van der Waals surface area (Å²) < 4.78 is 23.8. The zero-order chi connectivity index (χ0) is 12.9. The average Bonchev–Trinajstić information content (AvgIpc) is 2.74. The highest BCUT2D eigenvalue weighted by molar-refractivity contribution is 7.88. The Morgan fingerprint density at radius 3 is 2.76 bits per heavy atom. The number of sulfonamides is 1. The number of carbonyl (C=O) groups excluding carboxylic acids is 1. The van der Waals surface area contributed by atoms with E-state index in [1.807, 2.05) is 11.4 Å². The molecule has 0 aliphatic rings. The summed E-state index contributed by atoms with van der Waals surface area (Å²) in [7, 11) is -3.22. The minimum absolute atomic E-state index is 0.154. The molecule has 0 saturated heterocycles. The molecule has 0 bridgehead atoms. The molecule has 1 rings (SSSR count). The molecule has 0 aromatic carbocycles. The Balaban J connectivity index is 2.31. The van der Waals surface area contributed by atoms with Gasteiger partial charge in [-0.2, -0.15) is 0 Å². The van der Waals surface area contributed by atoms with Crippen LogP contribution in [0.3, 0.4) is 0 Å². The summed E-state index contributed by atoms with van der Waals surface area (Å²) in [4.78, 5) is 12.3. The molecule has 8 heteroatoms. The number of thiophene rings is 1. The van der Waals surface area contributed by atoms with E-state index in [2.05, 4.69) is 10.0 Å². The normalized spacial score (nSPS) is 13.3. The maximum absolute atomic E-state index is 11.6. The van der Waals surface area contributed by atoms with E-state index < -0.39 is 16.1 Å². The van der Waals surface area contributed by atoms with E-state index in [1.165, 1.54) is 11.3 Å². The number of rotatable bonds is 6. The van der Waals surface area contributed by atoms with Crippen molar-refractivity contribution in [2.24, 2.45) is 5.73 Å². The standard InChI is InChI=1S/C9H15N3O3S2/c1-17(14,15)12-5-4-11-9(13)8(10)7-3-2-6-16-7/h2-3,6,8,12H,4-5,10H2,1H3,(H,11,13). The zero-order valence-corrected chi connectivity index (χ0v) is 11.0. The molecule has 17 heavy (non-hydrogen) atoms. The zero-order valence-electron chi connectivity index (χ0n) is 9.34. The molecule has 4 N–H and O–H groups in total. The third-order valence-corrected chi connectivity index (χ3v) is 3.60. The highest BCUT2D eigenvalue weighted by Gasteiger charge is 2.15. The maximum Gasteiger partial charge on any atom is 0.242 e. The molecule has 0 aliphatic carbocycles. The van der Waals surface area contributed by atoms with Gasteiger partial charge < -0.3 is 11.1 Å². The van der Waals surface area contributed by atoms with Crippen molar-refractivity contribution >= 4 is 27.3 Å². The molecular weight excluding hydrogens is 262 g/mol. The number of hydrogen-bond donors (Lipinski definition) is 3. The second-order valence-corrected chi connectivity index (χ2v) is 6.26. The lowest BCUT2D eigenvalue weighted by atomic mass is 10.2. The van der Waals surface area contributed by atoms with Gasteiger partial charge in [0.1, 0.15) is 6.04 Å². The first-order chi connectivity index (χ1) is 7.90. The molecule has 6 nitrogen and oxygen atoms in total. The van der Waals surface area contributed by atoms with Crippen molar-refractivity contribution in [3.63, 3.8) is 0 Å². The summed E-state index contributed by atoms with van der Waals surface area (Å²) in [5.74, 6) is -0.317. The van der Waals surface area contributed by atoms with Crippen molar-refractivity contribution in [1.29, 1.82) is 0 Å². The van der Waals surface area contributed by atoms with E-state index in [4.69, 9.17) is 5.73 Å². The van der Waals surface area contributed by atoms with Crippen LogP contribution in [0.2, 0.25) is 0 Å². The predicted molar refractivity (Wildman–Crippen MR) is 67.1 cm³/mol. The van der Waals surface area contributed by atoms with E-state index in [1.54, 1.807) is 6.07 Å². The Bertz CT molecular complexity index is 456. The van der Waals surface area contributed by atoms with Gasteiger partial charge in [-0.3, -0.25) is 4.79 Å². The second kappa shape index (κ2) is 6.10. The van der Waals surface area contributed by atoms with Crippen molar-refractivity contribution in [1.82, 2.24) is 10.0 Å². The Labute approximate surface area is 104 Å². The molecule has 1 amide bonds. The van der Waals surface area contributed by atoms with Gasteiger partial charge in [0.25, 0.3) is 0 Å². The lowest BCUT2D eigenvalue weighted by molar-refractivity contribution is -0.122. The van der Waals surface area contributed by atoms with E-state index in [9.17, 15) is 13.2 Å². The van der Waals surface area contributed by atoms with Gasteiger partial charge in [-0.15, -0.1) is 11.3 Å². The predicted octanol–water partition coefficient (Wildman–Crippen LogP) is -0.587. The fourth-order valence-electron chi connectivity index (χ4n) is 1.13. The van der Waals surface area contributed by atoms with Gasteiger partial charge in [0.2, 0.25) is 15.9 Å². The summed E-state index contributed by atoms with van der Waals surface area (Å²) in [5, 5.41) is 4.40. The topological polar surface area (TPSA) is 101 Å². The third-order valence-electron chi connectivity index (χ3n) is 1.92. The Morgan fingerprint density at radius 1 is 1.53 bits per heavy atom. The maximum atomic E-state index is 11.6. The van der Waals surface area contributed by atoms with Gasteiger partial charge >= 0.3 is 0 Å². The van der Waals surface area contributed by atoms with Crippen LogP contribution in [0, 0.1) is 0 Å². The largest absolute Gasteiger partial charge is 0.353 e. The van der Waals surface area contributed by atoms with Crippen LogP contribution >= 0.6 is 11.3 Å². The minimum atomic E-state index is -3.22. The SMILES string of the molecule is CS(=O)(=O)NCCNC(=O)C(N)c1cccs1. The molecule has 1 aromatic heterocycles. The summed E-state index contributed by atoms with van der Waals surface area (Å²) >= 11 is 1.41. The molecule has 0 fully saturated rings. The monoisotopic (exact) mass is 277 g/mol. The molecule has 96 valence electrons. The van der Waals surface area contributed by atoms with Crippen LogP contribution in [0.25, 0.3) is 0 Å². The lowest BCUT2D eigenvalue weighted by Gasteiger charge is -2.10. The number of nitrogens with one attached hydrogen (secondary N) is 2. The van der Waals surface area contributed by atoms with Crippen LogP contribution in [-0.2, 0) is 14.8 Å².